The van der Waals surface area contributed by atoms with E-state index in [2.05, 4.69) is 101 Å². The highest BCUT2D eigenvalue weighted by Crippen LogP contribution is 2.50. The van der Waals surface area contributed by atoms with Crippen molar-refractivity contribution in [1.82, 2.24) is 4.90 Å². The lowest BCUT2D eigenvalue weighted by atomic mass is 9.90. The molecule has 3 nitrogen and oxygen atoms in total. The molecule has 2 amide bonds. The van der Waals surface area contributed by atoms with Crippen LogP contribution in [-0.4, -0.2) is 23.3 Å². The summed E-state index contributed by atoms with van der Waals surface area (Å²) < 4.78 is 0. The van der Waals surface area contributed by atoms with Gasteiger partial charge in [0.25, 0.3) is 11.8 Å². The van der Waals surface area contributed by atoms with E-state index >= 15 is 0 Å². The fourth-order valence-electron chi connectivity index (χ4n) is 5.60. The number of carbonyl (C=O) groups is 2. The third-order valence-electron chi connectivity index (χ3n) is 7.65. The highest BCUT2D eigenvalue weighted by Gasteiger charge is 2.43. The minimum absolute atomic E-state index is 0.0919. The van der Waals surface area contributed by atoms with Gasteiger partial charge in [-0.15, -0.1) is 35.3 Å². The number of hydrogen-bond donors (Lipinski definition) is 1. The van der Waals surface area contributed by atoms with Crippen LogP contribution in [0.2, 0.25) is 0 Å². The summed E-state index contributed by atoms with van der Waals surface area (Å²) in [7, 11) is 0. The lowest BCUT2D eigenvalue weighted by Gasteiger charge is -2.19. The monoisotopic (exact) mass is 745 g/mol. The second-order valence-corrected chi connectivity index (χ2v) is 17.8. The van der Waals surface area contributed by atoms with Crippen LogP contribution in [0.25, 0.3) is 14.7 Å². The minimum Gasteiger partial charge on any atom is -0.275 e. The van der Waals surface area contributed by atoms with Crippen LogP contribution < -0.4 is 0 Å². The van der Waals surface area contributed by atoms with Crippen molar-refractivity contribution < 1.29 is 9.59 Å². The van der Waals surface area contributed by atoms with Gasteiger partial charge in [0.05, 0.1) is 16.0 Å². The van der Waals surface area contributed by atoms with Crippen molar-refractivity contribution in [3.05, 3.63) is 50.2 Å². The Bertz CT molecular complexity index is 1340. The first-order valence-electron chi connectivity index (χ1n) is 19.9. The van der Waals surface area contributed by atoms with Crippen LogP contribution >= 0.6 is 35.3 Å². The van der Waals surface area contributed by atoms with Crippen molar-refractivity contribution in [2.24, 2.45) is 5.41 Å². The molecular formula is C44H75NO2S3. The molecule has 2 aromatic rings. The van der Waals surface area contributed by atoms with E-state index in [-0.39, 0.29) is 22.6 Å². The first-order chi connectivity index (χ1) is 23.6. The molecule has 0 atom stereocenters. The average Bonchev–Trinajstić information content (AvgIpc) is 3.71. The van der Waals surface area contributed by atoms with Gasteiger partial charge >= 0.3 is 0 Å². The Hall–Kier alpha value is -1.63. The molecule has 0 N–H and O–H groups in total. The molecule has 2 aromatic heterocycles. The first-order valence-corrected chi connectivity index (χ1v) is 21.9. The van der Waals surface area contributed by atoms with Crippen molar-refractivity contribution in [3.63, 3.8) is 0 Å². The maximum absolute atomic E-state index is 13.6. The molecule has 286 valence electrons. The largest absolute Gasteiger partial charge is 0.275 e. The lowest BCUT2D eigenvalue weighted by Crippen LogP contribution is -2.30. The highest BCUT2D eigenvalue weighted by molar-refractivity contribution is 7.90. The second-order valence-electron chi connectivity index (χ2n) is 15.2. The third kappa shape index (κ3) is 15.2. The van der Waals surface area contributed by atoms with Gasteiger partial charge in [-0.05, 0) is 61.1 Å². The molecule has 0 aliphatic carbocycles. The predicted octanol–water partition coefficient (Wildman–Crippen LogP) is 15.6. The highest BCUT2D eigenvalue weighted by atomic mass is 32.1. The molecule has 3 heterocycles. The Morgan fingerprint density at radius 1 is 0.740 bits per heavy atom. The number of allylic oxidation sites excluding steroid dienone is 3. The SMILES string of the molecule is CC.CCC.CCC.CCCCCCC(/C=C(\S)c1cc(CCCCCC)c(-c2sc(C(C)(C)C)c3c2C(=O)N(CC)C3=O)s1)=C\C(C)(C)C. The first kappa shape index (κ1) is 48.4. The molecule has 0 unspecified atom stereocenters. The Balaban J connectivity index is 0.00000275. The van der Waals surface area contributed by atoms with Gasteiger partial charge in [-0.1, -0.05) is 160 Å². The van der Waals surface area contributed by atoms with Crippen molar-refractivity contribution in [2.45, 2.75) is 186 Å². The Morgan fingerprint density at radius 2 is 1.26 bits per heavy atom. The number of hydrogen-bond acceptors (Lipinski definition) is 5. The molecule has 0 saturated carbocycles. The van der Waals surface area contributed by atoms with Gasteiger partial charge in [0.15, 0.2) is 0 Å². The van der Waals surface area contributed by atoms with Gasteiger partial charge in [0, 0.05) is 26.1 Å². The normalized spacial score (nSPS) is 13.3. The van der Waals surface area contributed by atoms with Gasteiger partial charge in [0.2, 0.25) is 0 Å². The zero-order chi connectivity index (χ0) is 38.7. The van der Waals surface area contributed by atoms with Crippen LogP contribution in [0.15, 0.2) is 23.8 Å². The van der Waals surface area contributed by atoms with Crippen LogP contribution in [0, 0.1) is 5.41 Å². The number of aryl methyl sites for hydroxylation is 1. The Morgan fingerprint density at radius 3 is 1.74 bits per heavy atom. The number of imide groups is 1. The Kier molecular flexibility index (Phi) is 23.8. The van der Waals surface area contributed by atoms with Crippen molar-refractivity contribution in [2.75, 3.05) is 6.54 Å². The minimum atomic E-state index is -0.229. The molecule has 0 spiro atoms. The van der Waals surface area contributed by atoms with Crippen LogP contribution in [-0.2, 0) is 11.8 Å². The molecular weight excluding hydrogens is 671 g/mol. The summed E-state index contributed by atoms with van der Waals surface area (Å²) in [6.45, 7) is 32.4. The molecule has 3 rings (SSSR count). The summed E-state index contributed by atoms with van der Waals surface area (Å²) in [4.78, 5) is 33.7. The molecule has 0 saturated heterocycles. The maximum Gasteiger partial charge on any atom is 0.263 e. The van der Waals surface area contributed by atoms with E-state index in [1.807, 2.05) is 20.8 Å². The van der Waals surface area contributed by atoms with Crippen LogP contribution in [0.4, 0.5) is 0 Å². The van der Waals surface area contributed by atoms with E-state index < -0.39 is 0 Å². The number of carbonyl (C=O) groups excluding carboxylic acids is 2. The van der Waals surface area contributed by atoms with Gasteiger partial charge in [-0.3, -0.25) is 14.5 Å². The zero-order valence-corrected chi connectivity index (χ0v) is 37.5. The number of fused-ring (bicyclic) bond motifs is 1. The standard InChI is InChI=1S/C36H53NO2S3.2C3H8.C2H6/c1-10-13-15-17-19-24(23-35(4,5)6)21-26(40)27-22-25(20-18-16-14-11-2)30(41-27)31-28-29(32(42-31)36(7,8)9)34(39)37(12-3)33(28)38;2*1-3-2;1-2/h21-23,40H,10-20H2,1-9H3;2*3H2,1-2H3;1-2H3/b24-23+,26-21-;;;. The van der Waals surface area contributed by atoms with E-state index in [0.29, 0.717) is 17.7 Å². The molecule has 6 heteroatoms. The molecule has 1 aliphatic rings. The number of thiophene rings is 2. The molecule has 50 heavy (non-hydrogen) atoms. The lowest BCUT2D eigenvalue weighted by molar-refractivity contribution is 0.0662. The molecule has 1 aliphatic heterocycles. The van der Waals surface area contributed by atoms with Gasteiger partial charge in [-0.2, -0.15) is 0 Å². The van der Waals surface area contributed by atoms with Gasteiger partial charge in [-0.25, -0.2) is 0 Å². The number of unbranched alkanes of at least 4 members (excludes halogenated alkanes) is 6. The van der Waals surface area contributed by atoms with Crippen molar-refractivity contribution in [3.8, 4) is 9.75 Å². The van der Waals surface area contributed by atoms with Crippen molar-refractivity contribution in [1.29, 1.82) is 0 Å². The molecule has 0 bridgehead atoms. The van der Waals surface area contributed by atoms with E-state index in [0.717, 1.165) is 43.7 Å². The Labute approximate surface area is 323 Å². The smallest absolute Gasteiger partial charge is 0.263 e. The van der Waals surface area contributed by atoms with E-state index in [1.165, 1.54) is 73.8 Å². The van der Waals surface area contributed by atoms with E-state index in [4.69, 9.17) is 12.6 Å². The quantitative estimate of drug-likeness (QED) is 0.0905. The summed E-state index contributed by atoms with van der Waals surface area (Å²) in [5.41, 5.74) is 3.73. The summed E-state index contributed by atoms with van der Waals surface area (Å²) >= 11 is 8.45. The molecule has 0 fully saturated rings. The summed E-state index contributed by atoms with van der Waals surface area (Å²) in [6.07, 6.45) is 18.9. The van der Waals surface area contributed by atoms with Gasteiger partial charge in [0.1, 0.15) is 0 Å². The summed E-state index contributed by atoms with van der Waals surface area (Å²) in [6, 6.07) is 2.30. The van der Waals surface area contributed by atoms with Crippen LogP contribution in [0.3, 0.4) is 0 Å². The van der Waals surface area contributed by atoms with E-state index in [1.54, 1.807) is 22.7 Å². The fourth-order valence-corrected chi connectivity index (χ4v) is 8.60. The van der Waals surface area contributed by atoms with Gasteiger partial charge < -0.3 is 0 Å². The number of nitrogens with zero attached hydrogens (tertiary/aromatic N) is 1. The predicted molar refractivity (Wildman–Crippen MR) is 232 cm³/mol. The second kappa shape index (κ2) is 24.6. The van der Waals surface area contributed by atoms with E-state index in [9.17, 15) is 9.59 Å². The number of thiol groups is 1. The molecule has 0 aromatic carbocycles. The van der Waals surface area contributed by atoms with Crippen LogP contribution in [0.5, 0.6) is 0 Å². The topological polar surface area (TPSA) is 37.4 Å². The third-order valence-corrected chi connectivity index (χ3v) is 11.2. The maximum atomic E-state index is 13.6. The summed E-state index contributed by atoms with van der Waals surface area (Å²) in [5.74, 6) is -0.281. The average molecular weight is 746 g/mol. The van der Waals surface area contributed by atoms with Crippen molar-refractivity contribution >= 4 is 52.0 Å². The number of amides is 2. The summed E-state index contributed by atoms with van der Waals surface area (Å²) in [5, 5.41) is 0. The zero-order valence-electron chi connectivity index (χ0n) is 35.0. The molecule has 0 radical (unpaired) electrons. The fraction of sp³-hybridized carbons (Fsp3) is 0.682. The van der Waals surface area contributed by atoms with Crippen LogP contribution in [0.1, 0.15) is 211 Å². The number of rotatable bonds is 14.